The maximum atomic E-state index is 12.9. The van der Waals surface area contributed by atoms with Gasteiger partial charge in [-0.1, -0.05) is 28.1 Å². The molecule has 0 saturated carbocycles. The van der Waals surface area contributed by atoms with E-state index in [4.69, 9.17) is 9.47 Å². The van der Waals surface area contributed by atoms with Gasteiger partial charge in [-0.25, -0.2) is 4.79 Å². The first-order valence-corrected chi connectivity index (χ1v) is 9.07. The number of benzene rings is 2. The smallest absolute Gasteiger partial charge is 0.331 e. The van der Waals surface area contributed by atoms with Crippen molar-refractivity contribution in [3.8, 4) is 11.5 Å². The molecule has 1 fully saturated rings. The van der Waals surface area contributed by atoms with Gasteiger partial charge in [-0.3, -0.25) is 19.8 Å². The highest BCUT2D eigenvalue weighted by atomic mass is 79.9. The minimum absolute atomic E-state index is 0.0227. The Hall–Kier alpha value is -3.13. The van der Waals surface area contributed by atoms with Crippen molar-refractivity contribution in [2.45, 2.75) is 6.54 Å². The molecule has 1 aliphatic heterocycles. The summed E-state index contributed by atoms with van der Waals surface area (Å²) in [6.45, 7) is 0.0227. The summed E-state index contributed by atoms with van der Waals surface area (Å²) in [6.07, 6.45) is 1.41. The number of nitrogens with one attached hydrogen (secondary N) is 1. The summed E-state index contributed by atoms with van der Waals surface area (Å²) in [7, 11) is 3.04. The second-order valence-corrected chi connectivity index (χ2v) is 6.86. The van der Waals surface area contributed by atoms with Crippen LogP contribution < -0.4 is 14.8 Å². The van der Waals surface area contributed by atoms with Crippen molar-refractivity contribution < 1.29 is 23.9 Å². The van der Waals surface area contributed by atoms with Gasteiger partial charge in [0.1, 0.15) is 17.1 Å². The van der Waals surface area contributed by atoms with Gasteiger partial charge in [0.05, 0.1) is 20.8 Å². The number of amides is 4. The molecule has 0 unspecified atom stereocenters. The Morgan fingerprint density at radius 2 is 1.75 bits per heavy atom. The molecule has 0 aliphatic carbocycles. The lowest BCUT2D eigenvalue weighted by Gasteiger charge is -2.26. The molecule has 8 heteroatoms. The zero-order valence-corrected chi connectivity index (χ0v) is 16.8. The summed E-state index contributed by atoms with van der Waals surface area (Å²) in [5.74, 6) is -0.264. The molecule has 1 N–H and O–H groups in total. The SMILES string of the molecule is COc1ccc(CN2C(=O)NC(=O)/C(=C\c3cc(Br)ccc3OC)C2=O)cc1. The van der Waals surface area contributed by atoms with E-state index in [9.17, 15) is 14.4 Å². The van der Waals surface area contributed by atoms with Crippen molar-refractivity contribution >= 4 is 39.9 Å². The fourth-order valence-electron chi connectivity index (χ4n) is 2.72. The van der Waals surface area contributed by atoms with E-state index in [0.717, 1.165) is 14.9 Å². The third-order valence-electron chi connectivity index (χ3n) is 4.18. The summed E-state index contributed by atoms with van der Waals surface area (Å²) in [6, 6.07) is 11.4. The molecule has 0 spiro atoms. The second kappa shape index (κ2) is 8.26. The number of urea groups is 1. The van der Waals surface area contributed by atoms with Gasteiger partial charge in [0.2, 0.25) is 0 Å². The number of halogens is 1. The quantitative estimate of drug-likeness (QED) is 0.565. The largest absolute Gasteiger partial charge is 0.497 e. The number of hydrogen-bond donors (Lipinski definition) is 1. The third kappa shape index (κ3) is 4.07. The van der Waals surface area contributed by atoms with Gasteiger partial charge >= 0.3 is 6.03 Å². The standard InChI is InChI=1S/C20H17BrN2O5/c1-27-15-6-3-12(4-7-15)11-23-19(25)16(18(24)22-20(23)26)10-13-9-14(21)5-8-17(13)28-2/h3-10H,11H2,1-2H3,(H,22,24,26)/b16-10+. The molecular formula is C20H17BrN2O5. The lowest BCUT2D eigenvalue weighted by atomic mass is 10.1. The summed E-state index contributed by atoms with van der Waals surface area (Å²) >= 11 is 3.35. The molecule has 0 bridgehead atoms. The van der Waals surface area contributed by atoms with Crippen molar-refractivity contribution in [1.82, 2.24) is 10.2 Å². The first kappa shape index (κ1) is 19.6. The van der Waals surface area contributed by atoms with Gasteiger partial charge in [0.25, 0.3) is 11.8 Å². The van der Waals surface area contributed by atoms with Crippen LogP contribution in [0.5, 0.6) is 11.5 Å². The zero-order valence-electron chi connectivity index (χ0n) is 15.2. The molecule has 1 aliphatic rings. The van der Waals surface area contributed by atoms with Crippen LogP contribution in [0.25, 0.3) is 6.08 Å². The molecule has 0 aromatic heterocycles. The van der Waals surface area contributed by atoms with E-state index in [2.05, 4.69) is 21.2 Å². The van der Waals surface area contributed by atoms with E-state index in [-0.39, 0.29) is 12.1 Å². The van der Waals surface area contributed by atoms with Gasteiger partial charge in [0, 0.05) is 10.0 Å². The Bertz CT molecular complexity index is 969. The van der Waals surface area contributed by atoms with Crippen LogP contribution in [0.15, 0.2) is 52.5 Å². The van der Waals surface area contributed by atoms with Gasteiger partial charge in [-0.05, 0) is 42.0 Å². The number of carbonyl (C=O) groups excluding carboxylic acids is 3. The Balaban J connectivity index is 1.92. The van der Waals surface area contributed by atoms with Crippen molar-refractivity contribution in [2.24, 2.45) is 0 Å². The lowest BCUT2D eigenvalue weighted by Crippen LogP contribution is -2.53. The fourth-order valence-corrected chi connectivity index (χ4v) is 3.10. The van der Waals surface area contributed by atoms with E-state index in [1.807, 2.05) is 0 Å². The van der Waals surface area contributed by atoms with Crippen LogP contribution in [0.2, 0.25) is 0 Å². The number of rotatable bonds is 5. The molecule has 1 heterocycles. The van der Waals surface area contributed by atoms with Crippen LogP contribution in [0.4, 0.5) is 4.79 Å². The molecule has 28 heavy (non-hydrogen) atoms. The number of imide groups is 2. The van der Waals surface area contributed by atoms with E-state index in [0.29, 0.717) is 17.1 Å². The monoisotopic (exact) mass is 444 g/mol. The minimum atomic E-state index is -0.760. The van der Waals surface area contributed by atoms with Crippen molar-refractivity contribution in [1.29, 1.82) is 0 Å². The van der Waals surface area contributed by atoms with E-state index < -0.39 is 17.8 Å². The maximum Gasteiger partial charge on any atom is 0.331 e. The normalized spacial score (nSPS) is 15.6. The van der Waals surface area contributed by atoms with Crippen LogP contribution in [0.3, 0.4) is 0 Å². The van der Waals surface area contributed by atoms with Crippen LogP contribution >= 0.6 is 15.9 Å². The molecular weight excluding hydrogens is 428 g/mol. The predicted molar refractivity (Wildman–Crippen MR) is 106 cm³/mol. The van der Waals surface area contributed by atoms with Crippen molar-refractivity contribution in [2.75, 3.05) is 14.2 Å². The van der Waals surface area contributed by atoms with Crippen LogP contribution in [-0.2, 0) is 16.1 Å². The van der Waals surface area contributed by atoms with E-state index >= 15 is 0 Å². The zero-order chi connectivity index (χ0) is 20.3. The molecule has 4 amide bonds. The summed E-state index contributed by atoms with van der Waals surface area (Å²) < 4.78 is 11.1. The van der Waals surface area contributed by atoms with Gasteiger partial charge < -0.3 is 9.47 Å². The van der Waals surface area contributed by atoms with Crippen molar-refractivity contribution in [3.63, 3.8) is 0 Å². The average Bonchev–Trinajstić information content (AvgIpc) is 2.69. The van der Waals surface area contributed by atoms with E-state index in [1.54, 1.807) is 49.6 Å². The molecule has 3 rings (SSSR count). The van der Waals surface area contributed by atoms with Crippen LogP contribution in [-0.4, -0.2) is 37.0 Å². The lowest BCUT2D eigenvalue weighted by molar-refractivity contribution is -0.130. The van der Waals surface area contributed by atoms with Gasteiger partial charge in [0.15, 0.2) is 0 Å². The molecule has 7 nitrogen and oxygen atoms in total. The molecule has 0 radical (unpaired) electrons. The number of methoxy groups -OCH3 is 2. The Morgan fingerprint density at radius 3 is 2.39 bits per heavy atom. The summed E-state index contributed by atoms with van der Waals surface area (Å²) in [5.41, 5.74) is 1.11. The highest BCUT2D eigenvalue weighted by molar-refractivity contribution is 9.10. The number of hydrogen-bond acceptors (Lipinski definition) is 5. The first-order valence-electron chi connectivity index (χ1n) is 8.28. The molecule has 0 atom stereocenters. The minimum Gasteiger partial charge on any atom is -0.497 e. The third-order valence-corrected chi connectivity index (χ3v) is 4.67. The molecule has 2 aromatic carbocycles. The molecule has 2 aromatic rings. The Morgan fingerprint density at radius 1 is 1.04 bits per heavy atom. The maximum absolute atomic E-state index is 12.9. The molecule has 144 valence electrons. The van der Waals surface area contributed by atoms with E-state index in [1.165, 1.54) is 13.2 Å². The predicted octanol–water partition coefficient (Wildman–Crippen LogP) is 3.13. The van der Waals surface area contributed by atoms with Gasteiger partial charge in [-0.15, -0.1) is 0 Å². The van der Waals surface area contributed by atoms with Crippen LogP contribution in [0, 0.1) is 0 Å². The number of carbonyl (C=O) groups is 3. The van der Waals surface area contributed by atoms with Crippen molar-refractivity contribution in [3.05, 3.63) is 63.6 Å². The highest BCUT2D eigenvalue weighted by Gasteiger charge is 2.35. The Kier molecular flexibility index (Phi) is 5.79. The Labute approximate surface area is 170 Å². The highest BCUT2D eigenvalue weighted by Crippen LogP contribution is 2.27. The average molecular weight is 445 g/mol. The fraction of sp³-hybridized carbons (Fsp3) is 0.150. The summed E-state index contributed by atoms with van der Waals surface area (Å²) in [4.78, 5) is 38.3. The van der Waals surface area contributed by atoms with Crippen LogP contribution in [0.1, 0.15) is 11.1 Å². The summed E-state index contributed by atoms with van der Waals surface area (Å²) in [5, 5.41) is 2.21. The number of nitrogens with zero attached hydrogens (tertiary/aromatic N) is 1. The number of barbiturate groups is 1. The second-order valence-electron chi connectivity index (χ2n) is 5.94. The first-order chi connectivity index (χ1) is 13.4. The topological polar surface area (TPSA) is 84.9 Å². The van der Waals surface area contributed by atoms with Gasteiger partial charge in [-0.2, -0.15) is 0 Å². The number of ether oxygens (including phenoxy) is 2. The molecule has 1 saturated heterocycles.